The zero-order chi connectivity index (χ0) is 24.2. The van der Waals surface area contributed by atoms with Gasteiger partial charge in [-0.3, -0.25) is 19.3 Å². The summed E-state index contributed by atoms with van der Waals surface area (Å²) in [6, 6.07) is 12.8. The molecule has 10 heteroatoms. The van der Waals surface area contributed by atoms with E-state index in [0.29, 0.717) is 28.6 Å². The molecule has 3 amide bonds. The first kappa shape index (κ1) is 24.5. The number of rotatable bonds is 8. The lowest BCUT2D eigenvalue weighted by molar-refractivity contribution is -0.123. The number of aromatic nitrogens is 1. The van der Waals surface area contributed by atoms with Crippen molar-refractivity contribution in [3.63, 3.8) is 0 Å². The van der Waals surface area contributed by atoms with E-state index in [0.717, 1.165) is 32.7 Å². The number of carbonyl (C=O) groups excluding carboxylic acids is 3. The molecule has 0 saturated carbocycles. The zero-order valence-electron chi connectivity index (χ0n) is 18.2. The van der Waals surface area contributed by atoms with Gasteiger partial charge in [-0.05, 0) is 47.7 Å². The van der Waals surface area contributed by atoms with E-state index in [1.807, 2.05) is 35.0 Å². The number of imide groups is 1. The number of benzene rings is 2. The monoisotopic (exact) mass is 561 g/mol. The molecule has 1 N–H and O–H groups in total. The first-order valence-electron chi connectivity index (χ1n) is 10.4. The van der Waals surface area contributed by atoms with Gasteiger partial charge in [0.05, 0.1) is 18.1 Å². The van der Waals surface area contributed by atoms with Crippen molar-refractivity contribution in [2.75, 3.05) is 20.3 Å². The zero-order valence-corrected chi connectivity index (χ0v) is 21.4. The number of fused-ring (bicyclic) bond motifs is 1. The molecule has 2 aromatic carbocycles. The fourth-order valence-electron chi connectivity index (χ4n) is 3.62. The number of halogens is 2. The van der Waals surface area contributed by atoms with Gasteiger partial charge in [0.25, 0.3) is 11.1 Å². The highest BCUT2D eigenvalue weighted by molar-refractivity contribution is 9.10. The van der Waals surface area contributed by atoms with Gasteiger partial charge in [-0.15, -0.1) is 0 Å². The number of hydrogen-bond donors (Lipinski definition) is 1. The third kappa shape index (κ3) is 5.38. The first-order chi connectivity index (χ1) is 16.4. The molecule has 0 spiro atoms. The van der Waals surface area contributed by atoms with E-state index in [1.54, 1.807) is 31.4 Å². The van der Waals surface area contributed by atoms with Crippen LogP contribution in [0.25, 0.3) is 17.0 Å². The minimum atomic E-state index is -0.372. The number of nitrogens with zero attached hydrogens (tertiary/aromatic N) is 2. The number of nitrogens with one attached hydrogen (secondary N) is 1. The number of hydrogen-bond acceptors (Lipinski definition) is 5. The van der Waals surface area contributed by atoms with Crippen LogP contribution >= 0.6 is 39.3 Å². The number of ether oxygens (including phenoxy) is 1. The Balaban J connectivity index is 1.62. The lowest BCUT2D eigenvalue weighted by atomic mass is 10.1. The normalized spacial score (nSPS) is 15.0. The van der Waals surface area contributed by atoms with Gasteiger partial charge in [0.1, 0.15) is 6.54 Å². The van der Waals surface area contributed by atoms with Gasteiger partial charge in [0.2, 0.25) is 5.91 Å². The van der Waals surface area contributed by atoms with Crippen molar-refractivity contribution in [3.05, 3.63) is 74.2 Å². The standard InChI is InChI=1S/C24H21BrClN3O4S/c1-33-9-8-27-22(30)14-28-12-16(18-11-17(25)6-7-20(18)28)10-21-23(31)29(24(32)34-21)13-15-4-2-3-5-19(15)26/h2-7,10-12H,8-9,13-14H2,1H3,(H,27,30)/b21-10-. The van der Waals surface area contributed by atoms with E-state index in [1.165, 1.54) is 4.90 Å². The van der Waals surface area contributed by atoms with Crippen LogP contribution in [0.5, 0.6) is 0 Å². The molecule has 0 aliphatic carbocycles. The summed E-state index contributed by atoms with van der Waals surface area (Å²) in [5.74, 6) is -0.522. The van der Waals surface area contributed by atoms with E-state index in [2.05, 4.69) is 21.2 Å². The maximum Gasteiger partial charge on any atom is 0.293 e. The molecule has 0 unspecified atom stereocenters. The van der Waals surface area contributed by atoms with Gasteiger partial charge in [-0.2, -0.15) is 0 Å². The highest BCUT2D eigenvalue weighted by atomic mass is 79.9. The van der Waals surface area contributed by atoms with Gasteiger partial charge in [0.15, 0.2) is 0 Å². The Morgan fingerprint density at radius 3 is 2.79 bits per heavy atom. The third-order valence-corrected chi connectivity index (χ3v) is 7.03. The molecule has 1 aromatic heterocycles. The largest absolute Gasteiger partial charge is 0.383 e. The molecule has 4 rings (SSSR count). The molecule has 2 heterocycles. The molecule has 7 nitrogen and oxygen atoms in total. The minimum Gasteiger partial charge on any atom is -0.383 e. The van der Waals surface area contributed by atoms with Crippen LogP contribution in [0.1, 0.15) is 11.1 Å². The molecule has 1 fully saturated rings. The fourth-order valence-corrected chi connectivity index (χ4v) is 5.01. The molecular formula is C24H21BrClN3O4S. The van der Waals surface area contributed by atoms with Crippen molar-refractivity contribution in [1.29, 1.82) is 0 Å². The molecule has 0 atom stereocenters. The molecular weight excluding hydrogens is 542 g/mol. The van der Waals surface area contributed by atoms with Crippen LogP contribution in [0.15, 0.2) is 58.0 Å². The summed E-state index contributed by atoms with van der Waals surface area (Å²) >= 11 is 10.6. The van der Waals surface area contributed by atoms with Crippen LogP contribution in [-0.4, -0.2) is 46.8 Å². The predicted molar refractivity (Wildman–Crippen MR) is 137 cm³/mol. The van der Waals surface area contributed by atoms with E-state index in [9.17, 15) is 14.4 Å². The molecule has 176 valence electrons. The Morgan fingerprint density at radius 1 is 1.24 bits per heavy atom. The van der Waals surface area contributed by atoms with Crippen molar-refractivity contribution in [3.8, 4) is 0 Å². The van der Waals surface area contributed by atoms with Gasteiger partial charge in [-0.25, -0.2) is 0 Å². The Morgan fingerprint density at radius 2 is 2.03 bits per heavy atom. The highest BCUT2D eigenvalue weighted by Crippen LogP contribution is 2.36. The lowest BCUT2D eigenvalue weighted by Gasteiger charge is -2.13. The molecule has 3 aromatic rings. The Bertz CT molecular complexity index is 1310. The third-order valence-electron chi connectivity index (χ3n) is 5.26. The summed E-state index contributed by atoms with van der Waals surface area (Å²) in [6.07, 6.45) is 3.51. The maximum atomic E-state index is 13.1. The van der Waals surface area contributed by atoms with E-state index >= 15 is 0 Å². The molecule has 1 aliphatic rings. The fraction of sp³-hybridized carbons (Fsp3) is 0.208. The second kappa shape index (κ2) is 10.8. The first-order valence-corrected chi connectivity index (χ1v) is 12.4. The molecule has 1 saturated heterocycles. The SMILES string of the molecule is COCCNC(=O)Cn1cc(/C=C2\SC(=O)N(Cc3ccccc3Cl)C2=O)c2cc(Br)ccc21. The second-order valence-corrected chi connectivity index (χ2v) is 9.89. The van der Waals surface area contributed by atoms with Crippen molar-refractivity contribution in [1.82, 2.24) is 14.8 Å². The lowest BCUT2D eigenvalue weighted by Crippen LogP contribution is -2.30. The summed E-state index contributed by atoms with van der Waals surface area (Å²) in [6.45, 7) is 1.08. The van der Waals surface area contributed by atoms with Gasteiger partial charge < -0.3 is 14.6 Å². The number of thioether (sulfide) groups is 1. The molecule has 1 aliphatic heterocycles. The van der Waals surface area contributed by atoms with Gasteiger partial charge in [0, 0.05) is 45.8 Å². The van der Waals surface area contributed by atoms with E-state index < -0.39 is 0 Å². The summed E-state index contributed by atoms with van der Waals surface area (Å²) in [4.78, 5) is 39.5. The topological polar surface area (TPSA) is 80.6 Å². The van der Waals surface area contributed by atoms with Crippen LogP contribution in [0, 0.1) is 0 Å². The van der Waals surface area contributed by atoms with Crippen LogP contribution in [0.2, 0.25) is 5.02 Å². The van der Waals surface area contributed by atoms with E-state index in [-0.39, 0.29) is 30.1 Å². The van der Waals surface area contributed by atoms with Crippen LogP contribution in [0.3, 0.4) is 0 Å². The van der Waals surface area contributed by atoms with Crippen molar-refractivity contribution in [2.45, 2.75) is 13.1 Å². The Kier molecular flexibility index (Phi) is 7.77. The quantitative estimate of drug-likeness (QED) is 0.307. The molecule has 34 heavy (non-hydrogen) atoms. The molecule has 0 bridgehead atoms. The summed E-state index contributed by atoms with van der Waals surface area (Å²) in [5, 5.41) is 3.82. The smallest absolute Gasteiger partial charge is 0.293 e. The number of methoxy groups -OCH3 is 1. The van der Waals surface area contributed by atoms with Crippen molar-refractivity contribution >= 4 is 73.3 Å². The average molecular weight is 563 g/mol. The summed E-state index contributed by atoms with van der Waals surface area (Å²) < 4.78 is 7.66. The maximum absolute atomic E-state index is 13.1. The predicted octanol–water partition coefficient (Wildman–Crippen LogP) is 5.06. The Hall–Kier alpha value is -2.59. The number of amides is 3. The van der Waals surface area contributed by atoms with Crippen LogP contribution in [-0.2, 0) is 27.4 Å². The van der Waals surface area contributed by atoms with Crippen molar-refractivity contribution in [2.24, 2.45) is 0 Å². The summed E-state index contributed by atoms with van der Waals surface area (Å²) in [5.41, 5.74) is 2.28. The van der Waals surface area contributed by atoms with E-state index in [4.69, 9.17) is 16.3 Å². The van der Waals surface area contributed by atoms with Gasteiger partial charge >= 0.3 is 0 Å². The second-order valence-electron chi connectivity index (χ2n) is 7.58. The summed E-state index contributed by atoms with van der Waals surface area (Å²) in [7, 11) is 1.58. The highest BCUT2D eigenvalue weighted by Gasteiger charge is 2.35. The number of carbonyl (C=O) groups is 3. The average Bonchev–Trinajstić information content (AvgIpc) is 3.26. The Labute approximate surface area is 214 Å². The molecule has 0 radical (unpaired) electrons. The van der Waals surface area contributed by atoms with Gasteiger partial charge in [-0.1, -0.05) is 45.7 Å². The van der Waals surface area contributed by atoms with Crippen LogP contribution in [0.4, 0.5) is 4.79 Å². The van der Waals surface area contributed by atoms with Crippen LogP contribution < -0.4 is 5.32 Å². The minimum absolute atomic E-state index is 0.108. The van der Waals surface area contributed by atoms with Crippen molar-refractivity contribution < 1.29 is 19.1 Å².